The molecule has 0 unspecified atom stereocenters. The van der Waals surface area contributed by atoms with Crippen LogP contribution in [0, 0.1) is 11.8 Å². The second kappa shape index (κ2) is 9.48. The number of nitrogens with zero attached hydrogens (tertiary/aromatic N) is 2. The summed E-state index contributed by atoms with van der Waals surface area (Å²) in [4.78, 5) is 16.7. The van der Waals surface area contributed by atoms with Gasteiger partial charge in [-0.15, -0.1) is 0 Å². The highest BCUT2D eigenvalue weighted by Crippen LogP contribution is 2.26. The van der Waals surface area contributed by atoms with Crippen molar-refractivity contribution in [2.24, 2.45) is 11.8 Å². The van der Waals surface area contributed by atoms with Gasteiger partial charge in [-0.2, -0.15) is 0 Å². The molecule has 1 heterocycles. The molecule has 5 nitrogen and oxygen atoms in total. The molecule has 2 aliphatic rings. The molecule has 0 radical (unpaired) electrons. The topological polar surface area (TPSA) is 55.8 Å². The van der Waals surface area contributed by atoms with E-state index in [0.717, 1.165) is 51.1 Å². The zero-order chi connectivity index (χ0) is 16.7. The quantitative estimate of drug-likeness (QED) is 0.788. The molecule has 0 bridgehead atoms. The standard InChI is InChI=1S/C18H35N3O2/c1-3-21-12-9-15(10-13-21)8-11-19-18(23)20(2)17-6-4-16(14-22)5-7-17/h15-17,22H,3-14H2,1-2H3,(H,19,23). The molecule has 0 aromatic rings. The average molecular weight is 325 g/mol. The van der Waals surface area contributed by atoms with E-state index in [2.05, 4.69) is 17.1 Å². The van der Waals surface area contributed by atoms with Crippen molar-refractivity contribution in [3.8, 4) is 0 Å². The Morgan fingerprint density at radius 1 is 1.13 bits per heavy atom. The van der Waals surface area contributed by atoms with Gasteiger partial charge in [-0.3, -0.25) is 0 Å². The Morgan fingerprint density at radius 3 is 2.35 bits per heavy atom. The van der Waals surface area contributed by atoms with Crippen LogP contribution in [0.3, 0.4) is 0 Å². The summed E-state index contributed by atoms with van der Waals surface area (Å²) < 4.78 is 0. The molecule has 23 heavy (non-hydrogen) atoms. The van der Waals surface area contributed by atoms with Gasteiger partial charge in [0.15, 0.2) is 0 Å². The largest absolute Gasteiger partial charge is 0.396 e. The summed E-state index contributed by atoms with van der Waals surface area (Å²) in [6.45, 7) is 6.90. The molecule has 2 rings (SSSR count). The number of carbonyl (C=O) groups is 1. The van der Waals surface area contributed by atoms with E-state index in [-0.39, 0.29) is 6.03 Å². The van der Waals surface area contributed by atoms with Gasteiger partial charge in [-0.05, 0) is 76.4 Å². The molecular weight excluding hydrogens is 290 g/mol. The summed E-state index contributed by atoms with van der Waals surface area (Å²) in [6, 6.07) is 0.411. The maximum atomic E-state index is 12.3. The van der Waals surface area contributed by atoms with Gasteiger partial charge in [0.05, 0.1) is 0 Å². The van der Waals surface area contributed by atoms with Gasteiger partial charge in [0, 0.05) is 26.2 Å². The number of amides is 2. The molecule has 0 atom stereocenters. The summed E-state index contributed by atoms with van der Waals surface area (Å²) >= 11 is 0. The van der Waals surface area contributed by atoms with E-state index in [1.165, 1.54) is 25.9 Å². The molecule has 5 heteroatoms. The molecular formula is C18H35N3O2. The summed E-state index contributed by atoms with van der Waals surface area (Å²) in [5.41, 5.74) is 0. The molecule has 134 valence electrons. The van der Waals surface area contributed by atoms with Crippen molar-refractivity contribution in [2.45, 2.75) is 57.9 Å². The fraction of sp³-hybridized carbons (Fsp3) is 0.944. The van der Waals surface area contributed by atoms with Crippen LogP contribution in [0.15, 0.2) is 0 Å². The predicted molar refractivity (Wildman–Crippen MR) is 93.4 cm³/mol. The Labute approximate surface area is 141 Å². The minimum Gasteiger partial charge on any atom is -0.396 e. The Morgan fingerprint density at radius 2 is 1.78 bits per heavy atom. The van der Waals surface area contributed by atoms with Gasteiger partial charge in [-0.25, -0.2) is 4.79 Å². The molecule has 1 aliphatic carbocycles. The van der Waals surface area contributed by atoms with Crippen molar-refractivity contribution in [3.63, 3.8) is 0 Å². The third-order valence-electron chi connectivity index (χ3n) is 5.93. The molecule has 0 spiro atoms. The first kappa shape index (κ1) is 18.5. The maximum Gasteiger partial charge on any atom is 0.317 e. The molecule has 1 aliphatic heterocycles. The van der Waals surface area contributed by atoms with Gasteiger partial charge in [0.1, 0.15) is 0 Å². The van der Waals surface area contributed by atoms with Crippen molar-refractivity contribution < 1.29 is 9.90 Å². The van der Waals surface area contributed by atoms with Crippen molar-refractivity contribution >= 4 is 6.03 Å². The fourth-order valence-corrected chi connectivity index (χ4v) is 3.98. The van der Waals surface area contributed by atoms with Crippen LogP contribution in [0.1, 0.15) is 51.9 Å². The second-order valence-electron chi connectivity index (χ2n) is 7.37. The highest BCUT2D eigenvalue weighted by atomic mass is 16.3. The zero-order valence-electron chi connectivity index (χ0n) is 15.0. The van der Waals surface area contributed by atoms with Crippen LogP contribution >= 0.6 is 0 Å². The van der Waals surface area contributed by atoms with E-state index in [0.29, 0.717) is 18.6 Å². The van der Waals surface area contributed by atoms with Crippen LogP contribution in [0.25, 0.3) is 0 Å². The van der Waals surface area contributed by atoms with E-state index < -0.39 is 0 Å². The van der Waals surface area contributed by atoms with Crippen LogP contribution in [-0.2, 0) is 0 Å². The van der Waals surface area contributed by atoms with Gasteiger partial charge in [0.2, 0.25) is 0 Å². The maximum absolute atomic E-state index is 12.3. The summed E-state index contributed by atoms with van der Waals surface area (Å²) in [6.07, 6.45) is 7.75. The second-order valence-corrected chi connectivity index (χ2v) is 7.37. The van der Waals surface area contributed by atoms with E-state index in [1.54, 1.807) is 0 Å². The number of rotatable bonds is 6. The van der Waals surface area contributed by atoms with Gasteiger partial charge in [0.25, 0.3) is 0 Å². The summed E-state index contributed by atoms with van der Waals surface area (Å²) in [5, 5.41) is 12.3. The highest BCUT2D eigenvalue weighted by Gasteiger charge is 2.26. The Balaban J connectivity index is 1.61. The first-order valence-corrected chi connectivity index (χ1v) is 9.47. The minimum absolute atomic E-state index is 0.0726. The van der Waals surface area contributed by atoms with Crippen LogP contribution in [-0.4, -0.2) is 66.8 Å². The lowest BCUT2D eigenvalue weighted by atomic mass is 9.86. The van der Waals surface area contributed by atoms with Crippen molar-refractivity contribution in [2.75, 3.05) is 39.8 Å². The number of nitrogens with one attached hydrogen (secondary N) is 1. The summed E-state index contributed by atoms with van der Waals surface area (Å²) in [5.74, 6) is 1.21. The number of hydrogen-bond acceptors (Lipinski definition) is 3. The fourth-order valence-electron chi connectivity index (χ4n) is 3.98. The average Bonchev–Trinajstić information content (AvgIpc) is 2.61. The number of aliphatic hydroxyl groups excluding tert-OH is 1. The zero-order valence-corrected chi connectivity index (χ0v) is 15.0. The van der Waals surface area contributed by atoms with E-state index >= 15 is 0 Å². The lowest BCUT2D eigenvalue weighted by molar-refractivity contribution is 0.133. The van der Waals surface area contributed by atoms with E-state index in [9.17, 15) is 9.90 Å². The normalized spacial score (nSPS) is 26.9. The smallest absolute Gasteiger partial charge is 0.317 e. The summed E-state index contributed by atoms with van der Waals surface area (Å²) in [7, 11) is 1.92. The van der Waals surface area contributed by atoms with E-state index in [1.807, 2.05) is 11.9 Å². The number of hydrogen-bond donors (Lipinski definition) is 2. The van der Waals surface area contributed by atoms with Gasteiger partial charge in [-0.1, -0.05) is 6.92 Å². The molecule has 0 aromatic carbocycles. The number of aliphatic hydroxyl groups is 1. The number of carbonyl (C=O) groups excluding carboxylic acids is 1. The molecule has 1 saturated carbocycles. The monoisotopic (exact) mass is 325 g/mol. The van der Waals surface area contributed by atoms with Crippen molar-refractivity contribution in [1.82, 2.24) is 15.1 Å². The SMILES string of the molecule is CCN1CCC(CCNC(=O)N(C)C2CCC(CO)CC2)CC1. The Kier molecular flexibility index (Phi) is 7.63. The number of piperidine rings is 1. The number of likely N-dealkylation sites (tertiary alicyclic amines) is 1. The molecule has 2 fully saturated rings. The third kappa shape index (κ3) is 5.64. The van der Waals surface area contributed by atoms with E-state index in [4.69, 9.17) is 0 Å². The lowest BCUT2D eigenvalue weighted by Gasteiger charge is -2.34. The molecule has 0 aromatic heterocycles. The molecule has 2 amide bonds. The minimum atomic E-state index is 0.0726. The third-order valence-corrected chi connectivity index (χ3v) is 5.93. The van der Waals surface area contributed by atoms with Crippen LogP contribution in [0.2, 0.25) is 0 Å². The van der Waals surface area contributed by atoms with Gasteiger partial charge >= 0.3 is 6.03 Å². The first-order valence-electron chi connectivity index (χ1n) is 9.47. The van der Waals surface area contributed by atoms with Crippen molar-refractivity contribution in [1.29, 1.82) is 0 Å². The Bertz CT molecular complexity index is 348. The van der Waals surface area contributed by atoms with Crippen LogP contribution < -0.4 is 5.32 Å². The van der Waals surface area contributed by atoms with Gasteiger partial charge < -0.3 is 20.2 Å². The lowest BCUT2D eigenvalue weighted by Crippen LogP contribution is -2.45. The highest BCUT2D eigenvalue weighted by molar-refractivity contribution is 5.74. The Hall–Kier alpha value is -0.810. The molecule has 1 saturated heterocycles. The van der Waals surface area contributed by atoms with Crippen LogP contribution in [0.5, 0.6) is 0 Å². The predicted octanol–water partition coefficient (Wildman–Crippen LogP) is 2.30. The van der Waals surface area contributed by atoms with Crippen LogP contribution in [0.4, 0.5) is 4.79 Å². The molecule has 2 N–H and O–H groups in total. The van der Waals surface area contributed by atoms with Crippen molar-refractivity contribution in [3.05, 3.63) is 0 Å². The number of urea groups is 1. The first-order chi connectivity index (χ1) is 11.1.